The summed E-state index contributed by atoms with van der Waals surface area (Å²) >= 11 is 0. The minimum absolute atomic E-state index is 0.438. The van der Waals surface area contributed by atoms with E-state index in [9.17, 15) is 26.3 Å². The summed E-state index contributed by atoms with van der Waals surface area (Å²) in [7, 11) is 1.01. The van der Waals surface area contributed by atoms with E-state index in [0.717, 1.165) is 19.2 Å². The van der Waals surface area contributed by atoms with Gasteiger partial charge in [-0.15, -0.1) is 13.2 Å². The minimum Gasteiger partial charge on any atom is -0.496 e. The van der Waals surface area contributed by atoms with Crippen molar-refractivity contribution in [1.82, 2.24) is 0 Å². The molecule has 0 unspecified atom stereocenters. The zero-order chi connectivity index (χ0) is 14.8. The Morgan fingerprint density at radius 1 is 1.11 bits per heavy atom. The normalized spacial score (nSPS) is 14.1. The van der Waals surface area contributed by atoms with E-state index in [1.807, 2.05) is 0 Å². The molecule has 1 rings (SSSR count). The van der Waals surface area contributed by atoms with Crippen molar-refractivity contribution in [2.45, 2.75) is 18.6 Å². The second-order valence-electron chi connectivity index (χ2n) is 3.47. The second kappa shape index (κ2) is 5.16. The highest BCUT2D eigenvalue weighted by molar-refractivity contribution is 5.43. The Kier molecular flexibility index (Phi) is 4.18. The molecule has 0 radical (unpaired) electrons. The van der Waals surface area contributed by atoms with Gasteiger partial charge in [0.1, 0.15) is 17.5 Å². The number of halogens is 6. The van der Waals surface area contributed by atoms with Crippen molar-refractivity contribution in [3.8, 4) is 11.5 Å². The largest absolute Gasteiger partial charge is 0.573 e. The van der Waals surface area contributed by atoms with Crippen LogP contribution in [0.2, 0.25) is 0 Å². The summed E-state index contributed by atoms with van der Waals surface area (Å²) < 4.78 is 81.3. The quantitative estimate of drug-likeness (QED) is 0.869. The standard InChI is InChI=1S/C10H9F6NO2/c1-18-7-4-5(19-10(14,15)16)2-3-6(7)8(17)9(11,12)13/h2-4,8H,17H2,1H3/t8-/m1/s1. The van der Waals surface area contributed by atoms with Crippen LogP contribution in [-0.4, -0.2) is 19.6 Å². The highest BCUT2D eigenvalue weighted by atomic mass is 19.4. The van der Waals surface area contributed by atoms with E-state index in [-0.39, 0.29) is 0 Å². The summed E-state index contributed by atoms with van der Waals surface area (Å²) in [5.74, 6) is -1.13. The van der Waals surface area contributed by atoms with Gasteiger partial charge in [0.25, 0.3) is 0 Å². The van der Waals surface area contributed by atoms with Crippen molar-refractivity contribution >= 4 is 0 Å². The van der Waals surface area contributed by atoms with E-state index in [0.29, 0.717) is 6.07 Å². The zero-order valence-corrected chi connectivity index (χ0v) is 9.47. The summed E-state index contributed by atoms with van der Waals surface area (Å²) in [5.41, 5.74) is 4.48. The number of hydrogen-bond acceptors (Lipinski definition) is 3. The predicted octanol–water partition coefficient (Wildman–Crippen LogP) is 3.16. The van der Waals surface area contributed by atoms with Gasteiger partial charge in [-0.25, -0.2) is 0 Å². The van der Waals surface area contributed by atoms with Gasteiger partial charge >= 0.3 is 12.5 Å². The van der Waals surface area contributed by atoms with Crippen LogP contribution in [-0.2, 0) is 0 Å². The maximum Gasteiger partial charge on any atom is 0.573 e. The number of benzene rings is 1. The summed E-state index contributed by atoms with van der Waals surface area (Å²) in [6, 6.07) is -0.161. The number of rotatable bonds is 3. The molecule has 1 atom stereocenters. The number of hydrogen-bond donors (Lipinski definition) is 1. The van der Waals surface area contributed by atoms with Crippen molar-refractivity contribution in [1.29, 1.82) is 0 Å². The van der Waals surface area contributed by atoms with Crippen molar-refractivity contribution < 1.29 is 35.8 Å². The molecule has 0 aliphatic rings. The van der Waals surface area contributed by atoms with E-state index in [2.05, 4.69) is 9.47 Å². The highest BCUT2D eigenvalue weighted by Crippen LogP contribution is 2.37. The van der Waals surface area contributed by atoms with Crippen LogP contribution < -0.4 is 15.2 Å². The molecule has 3 nitrogen and oxygen atoms in total. The summed E-state index contributed by atoms with van der Waals surface area (Å²) in [5, 5.41) is 0. The third kappa shape index (κ3) is 4.19. The Bertz CT molecular complexity index is 443. The van der Waals surface area contributed by atoms with Gasteiger partial charge in [0.2, 0.25) is 0 Å². The van der Waals surface area contributed by atoms with E-state index >= 15 is 0 Å². The average Bonchev–Trinajstić information content (AvgIpc) is 2.24. The average molecular weight is 289 g/mol. The van der Waals surface area contributed by atoms with Gasteiger partial charge < -0.3 is 15.2 Å². The van der Waals surface area contributed by atoms with E-state index < -0.39 is 35.6 Å². The van der Waals surface area contributed by atoms with Crippen molar-refractivity contribution in [3.63, 3.8) is 0 Å². The van der Waals surface area contributed by atoms with Crippen LogP contribution in [0.1, 0.15) is 11.6 Å². The monoisotopic (exact) mass is 289 g/mol. The van der Waals surface area contributed by atoms with Crippen LogP contribution in [0.15, 0.2) is 18.2 Å². The van der Waals surface area contributed by atoms with Crippen molar-refractivity contribution in [3.05, 3.63) is 23.8 Å². The van der Waals surface area contributed by atoms with Crippen LogP contribution in [0.4, 0.5) is 26.3 Å². The molecule has 0 saturated heterocycles. The Balaban J connectivity index is 3.10. The van der Waals surface area contributed by atoms with Gasteiger partial charge in [0, 0.05) is 11.6 Å². The Labute approximate surface area is 103 Å². The molecule has 19 heavy (non-hydrogen) atoms. The summed E-state index contributed by atoms with van der Waals surface area (Å²) in [4.78, 5) is 0. The van der Waals surface area contributed by atoms with Crippen LogP contribution in [0.3, 0.4) is 0 Å². The molecule has 2 N–H and O–H groups in total. The Hall–Kier alpha value is -1.64. The first-order valence-electron chi connectivity index (χ1n) is 4.80. The topological polar surface area (TPSA) is 44.5 Å². The summed E-state index contributed by atoms with van der Waals surface area (Å²) in [6.07, 6.45) is -9.68. The fourth-order valence-corrected chi connectivity index (χ4v) is 1.32. The fourth-order valence-electron chi connectivity index (χ4n) is 1.32. The number of ether oxygens (including phenoxy) is 2. The van der Waals surface area contributed by atoms with Gasteiger partial charge in [-0.3, -0.25) is 0 Å². The number of alkyl halides is 6. The van der Waals surface area contributed by atoms with Gasteiger partial charge in [-0.1, -0.05) is 0 Å². The number of methoxy groups -OCH3 is 1. The lowest BCUT2D eigenvalue weighted by atomic mass is 10.1. The van der Waals surface area contributed by atoms with Gasteiger partial charge in [-0.2, -0.15) is 13.2 Å². The first kappa shape index (κ1) is 15.4. The lowest BCUT2D eigenvalue weighted by Crippen LogP contribution is -2.28. The molecular formula is C10H9F6NO2. The van der Waals surface area contributed by atoms with E-state index in [1.54, 1.807) is 0 Å². The van der Waals surface area contributed by atoms with Crippen LogP contribution >= 0.6 is 0 Å². The number of nitrogens with two attached hydrogens (primary N) is 1. The van der Waals surface area contributed by atoms with E-state index in [4.69, 9.17) is 5.73 Å². The molecule has 108 valence electrons. The Morgan fingerprint density at radius 3 is 2.11 bits per heavy atom. The van der Waals surface area contributed by atoms with E-state index in [1.165, 1.54) is 0 Å². The molecule has 0 heterocycles. The Morgan fingerprint density at radius 2 is 1.68 bits per heavy atom. The lowest BCUT2D eigenvalue weighted by Gasteiger charge is -2.19. The minimum atomic E-state index is -4.95. The molecule has 0 aliphatic heterocycles. The van der Waals surface area contributed by atoms with Crippen LogP contribution in [0.25, 0.3) is 0 Å². The molecule has 0 amide bonds. The predicted molar refractivity (Wildman–Crippen MR) is 52.7 cm³/mol. The zero-order valence-electron chi connectivity index (χ0n) is 9.47. The first-order valence-corrected chi connectivity index (χ1v) is 4.80. The molecular weight excluding hydrogens is 280 g/mol. The first-order chi connectivity index (χ1) is 8.54. The van der Waals surface area contributed by atoms with Gasteiger partial charge in [0.05, 0.1) is 7.11 Å². The van der Waals surface area contributed by atoms with Gasteiger partial charge in [-0.05, 0) is 12.1 Å². The molecule has 0 aromatic heterocycles. The third-order valence-electron chi connectivity index (χ3n) is 2.13. The molecule has 9 heteroatoms. The molecule has 0 bridgehead atoms. The fraction of sp³-hybridized carbons (Fsp3) is 0.400. The molecule has 1 aromatic carbocycles. The molecule has 0 saturated carbocycles. The maximum atomic E-state index is 12.4. The van der Waals surface area contributed by atoms with Crippen LogP contribution in [0.5, 0.6) is 11.5 Å². The summed E-state index contributed by atoms with van der Waals surface area (Å²) in [6.45, 7) is 0. The second-order valence-corrected chi connectivity index (χ2v) is 3.47. The van der Waals surface area contributed by atoms with Crippen molar-refractivity contribution in [2.75, 3.05) is 7.11 Å². The highest BCUT2D eigenvalue weighted by Gasteiger charge is 2.40. The maximum absolute atomic E-state index is 12.4. The lowest BCUT2D eigenvalue weighted by molar-refractivity contribution is -0.274. The van der Waals surface area contributed by atoms with Crippen molar-refractivity contribution in [2.24, 2.45) is 5.73 Å². The molecule has 1 aromatic rings. The smallest absolute Gasteiger partial charge is 0.496 e. The molecule has 0 fully saturated rings. The van der Waals surface area contributed by atoms with Gasteiger partial charge in [0.15, 0.2) is 0 Å². The molecule has 0 spiro atoms. The SMILES string of the molecule is COc1cc(OC(F)(F)F)ccc1[C@@H](N)C(F)(F)F. The van der Waals surface area contributed by atoms with Crippen LogP contribution in [0, 0.1) is 0 Å². The third-order valence-corrected chi connectivity index (χ3v) is 2.13. The molecule has 0 aliphatic carbocycles.